The minimum atomic E-state index is -5.04. The van der Waals surface area contributed by atoms with Gasteiger partial charge in [-0.25, -0.2) is 9.07 Å². The number of ketones is 1. The molecular weight excluding hydrogens is 290 g/mol. The van der Waals surface area contributed by atoms with E-state index in [0.29, 0.717) is 0 Å². The van der Waals surface area contributed by atoms with Gasteiger partial charge in [0.15, 0.2) is 5.69 Å². The van der Waals surface area contributed by atoms with Crippen LogP contribution in [0.1, 0.15) is 10.5 Å². The van der Waals surface area contributed by atoms with Crippen LogP contribution in [0.15, 0.2) is 24.4 Å². The normalized spacial score (nSPS) is 11.6. The molecule has 0 atom stereocenters. The molecule has 0 N–H and O–H groups in total. The summed E-state index contributed by atoms with van der Waals surface area (Å²) in [6.07, 6.45) is -4.27. The van der Waals surface area contributed by atoms with Gasteiger partial charge in [0.2, 0.25) is 0 Å². The third-order valence-corrected chi connectivity index (χ3v) is 2.46. The summed E-state index contributed by atoms with van der Waals surface area (Å²) in [4.78, 5) is 10.9. The van der Waals surface area contributed by atoms with Crippen LogP contribution in [-0.4, -0.2) is 27.0 Å². The number of rotatable bonds is 2. The van der Waals surface area contributed by atoms with Gasteiger partial charge in [-0.05, 0) is 12.1 Å². The van der Waals surface area contributed by atoms with Crippen molar-refractivity contribution in [3.63, 3.8) is 0 Å². The van der Waals surface area contributed by atoms with Gasteiger partial charge in [-0.3, -0.25) is 4.79 Å². The molecule has 19 heavy (non-hydrogen) atoms. The molecule has 1 aromatic carbocycles. The third kappa shape index (κ3) is 2.73. The predicted octanol–water partition coefficient (Wildman–Crippen LogP) is 2.80. The van der Waals surface area contributed by atoms with Crippen molar-refractivity contribution in [2.24, 2.45) is 0 Å². The fraction of sp³-hybridized carbons (Fsp3) is 0.100. The Labute approximate surface area is 108 Å². The molecule has 0 radical (unpaired) electrons. The lowest BCUT2D eigenvalue weighted by atomic mass is 10.3. The first-order chi connectivity index (χ1) is 8.79. The molecule has 0 saturated carbocycles. The summed E-state index contributed by atoms with van der Waals surface area (Å²) in [6.45, 7) is 0. The van der Waals surface area contributed by atoms with Crippen LogP contribution in [0.2, 0.25) is 5.02 Å². The van der Waals surface area contributed by atoms with Crippen molar-refractivity contribution in [3.05, 3.63) is 40.9 Å². The van der Waals surface area contributed by atoms with Crippen LogP contribution in [0, 0.1) is 5.82 Å². The van der Waals surface area contributed by atoms with Crippen molar-refractivity contribution in [2.45, 2.75) is 6.18 Å². The van der Waals surface area contributed by atoms with E-state index in [1.54, 1.807) is 0 Å². The van der Waals surface area contributed by atoms with Crippen LogP contribution in [0.25, 0.3) is 5.69 Å². The lowest BCUT2D eigenvalue weighted by Crippen LogP contribution is -2.23. The maximum atomic E-state index is 13.2. The van der Waals surface area contributed by atoms with E-state index in [2.05, 4.69) is 10.3 Å². The Morgan fingerprint density at radius 1 is 1.32 bits per heavy atom. The van der Waals surface area contributed by atoms with Gasteiger partial charge < -0.3 is 0 Å². The number of hydrogen-bond acceptors (Lipinski definition) is 3. The third-order valence-electron chi connectivity index (χ3n) is 2.15. The molecule has 1 aromatic heterocycles. The minimum absolute atomic E-state index is 0.0932. The van der Waals surface area contributed by atoms with Crippen molar-refractivity contribution in [3.8, 4) is 5.69 Å². The lowest BCUT2D eigenvalue weighted by molar-refractivity contribution is -0.0888. The van der Waals surface area contributed by atoms with Crippen LogP contribution < -0.4 is 0 Å². The Morgan fingerprint density at radius 3 is 2.58 bits per heavy atom. The Morgan fingerprint density at radius 2 is 2.00 bits per heavy atom. The fourth-order valence-electron chi connectivity index (χ4n) is 1.27. The molecule has 0 aliphatic rings. The highest BCUT2D eigenvalue weighted by Crippen LogP contribution is 2.21. The molecule has 0 amide bonds. The van der Waals surface area contributed by atoms with Gasteiger partial charge in [0.1, 0.15) is 5.82 Å². The second-order valence-electron chi connectivity index (χ2n) is 3.47. The number of Topliss-reactive ketones (excluding diaryl/α,β-unsaturated/α-hetero) is 1. The molecule has 2 aromatic rings. The number of halogens is 5. The Balaban J connectivity index is 2.36. The summed E-state index contributed by atoms with van der Waals surface area (Å²) in [5, 5.41) is 6.28. The van der Waals surface area contributed by atoms with E-state index >= 15 is 0 Å². The average Bonchev–Trinajstić information content (AvgIpc) is 2.79. The lowest BCUT2D eigenvalue weighted by Gasteiger charge is -2.01. The van der Waals surface area contributed by atoms with Crippen LogP contribution in [0.5, 0.6) is 0 Å². The first kappa shape index (κ1) is 13.5. The van der Waals surface area contributed by atoms with Crippen LogP contribution in [0.4, 0.5) is 17.6 Å². The largest absolute Gasteiger partial charge is 0.456 e. The number of hydrogen-bond donors (Lipinski definition) is 0. The number of nitrogens with zero attached hydrogens (tertiary/aromatic N) is 3. The average molecular weight is 294 g/mol. The molecular formula is C10H4ClF4N3O. The highest BCUT2D eigenvalue weighted by molar-refractivity contribution is 6.30. The Hall–Kier alpha value is -1.96. The van der Waals surface area contributed by atoms with E-state index < -0.39 is 23.5 Å². The number of carbonyl (C=O) groups excluding carboxylic acids is 1. The minimum Gasteiger partial charge on any atom is -0.282 e. The summed E-state index contributed by atoms with van der Waals surface area (Å²) in [6, 6.07) is 3.49. The first-order valence-corrected chi connectivity index (χ1v) is 5.16. The second kappa shape index (κ2) is 4.61. The zero-order valence-electron chi connectivity index (χ0n) is 8.95. The zero-order valence-corrected chi connectivity index (χ0v) is 9.71. The monoisotopic (exact) mass is 293 g/mol. The number of carbonyl (C=O) groups is 1. The molecule has 0 aliphatic carbocycles. The van der Waals surface area contributed by atoms with E-state index in [0.717, 1.165) is 16.9 Å². The molecule has 0 unspecified atom stereocenters. The van der Waals surface area contributed by atoms with Gasteiger partial charge in [0.25, 0.3) is 5.78 Å². The van der Waals surface area contributed by atoms with E-state index in [1.807, 2.05) is 0 Å². The summed E-state index contributed by atoms with van der Waals surface area (Å²) in [5.74, 6) is -2.88. The summed E-state index contributed by atoms with van der Waals surface area (Å²) < 4.78 is 50.5. The molecule has 0 fully saturated rings. The second-order valence-corrected chi connectivity index (χ2v) is 3.88. The predicted molar refractivity (Wildman–Crippen MR) is 56.7 cm³/mol. The van der Waals surface area contributed by atoms with E-state index in [4.69, 9.17) is 11.6 Å². The molecule has 9 heteroatoms. The van der Waals surface area contributed by atoms with Crippen molar-refractivity contribution in [1.82, 2.24) is 15.0 Å². The van der Waals surface area contributed by atoms with Gasteiger partial charge >= 0.3 is 6.18 Å². The maximum absolute atomic E-state index is 13.2. The topological polar surface area (TPSA) is 47.8 Å². The highest BCUT2D eigenvalue weighted by Gasteiger charge is 2.41. The van der Waals surface area contributed by atoms with Gasteiger partial charge in [-0.15, -0.1) is 5.10 Å². The first-order valence-electron chi connectivity index (χ1n) is 4.78. The molecule has 1 heterocycles. The molecule has 100 valence electrons. The molecule has 0 spiro atoms. The van der Waals surface area contributed by atoms with E-state index in [9.17, 15) is 22.4 Å². The van der Waals surface area contributed by atoms with Crippen molar-refractivity contribution < 1.29 is 22.4 Å². The van der Waals surface area contributed by atoms with Crippen molar-refractivity contribution in [2.75, 3.05) is 0 Å². The SMILES string of the molecule is O=C(c1cn(-c2ccc(Cl)c(F)c2)nn1)C(F)(F)F. The molecule has 0 aliphatic heterocycles. The van der Waals surface area contributed by atoms with Crippen LogP contribution >= 0.6 is 11.6 Å². The summed E-state index contributed by atoms with van der Waals surface area (Å²) in [5.41, 5.74) is -0.779. The van der Waals surface area contributed by atoms with Gasteiger partial charge in [-0.1, -0.05) is 16.8 Å². The molecule has 0 bridgehead atoms. The molecule has 2 rings (SSSR count). The standard InChI is InChI=1S/C10H4ClF4N3O/c11-6-2-1-5(3-7(6)12)18-4-8(16-17-18)9(19)10(13,14)15/h1-4H. The van der Waals surface area contributed by atoms with E-state index in [1.165, 1.54) is 12.1 Å². The molecule has 4 nitrogen and oxygen atoms in total. The van der Waals surface area contributed by atoms with Gasteiger partial charge in [0.05, 0.1) is 16.9 Å². The zero-order chi connectivity index (χ0) is 14.2. The van der Waals surface area contributed by atoms with Crippen LogP contribution in [0.3, 0.4) is 0 Å². The quantitative estimate of drug-likeness (QED) is 0.632. The van der Waals surface area contributed by atoms with Gasteiger partial charge in [-0.2, -0.15) is 13.2 Å². The Bertz CT molecular complexity index is 638. The maximum Gasteiger partial charge on any atom is 0.456 e. The summed E-state index contributed by atoms with van der Waals surface area (Å²) in [7, 11) is 0. The highest BCUT2D eigenvalue weighted by atomic mass is 35.5. The Kier molecular flexibility index (Phi) is 3.27. The van der Waals surface area contributed by atoms with Crippen LogP contribution in [-0.2, 0) is 0 Å². The number of alkyl halides is 3. The number of benzene rings is 1. The van der Waals surface area contributed by atoms with Crippen molar-refractivity contribution in [1.29, 1.82) is 0 Å². The van der Waals surface area contributed by atoms with Gasteiger partial charge in [0, 0.05) is 6.07 Å². The van der Waals surface area contributed by atoms with Crippen molar-refractivity contribution >= 4 is 17.4 Å². The van der Waals surface area contributed by atoms with E-state index in [-0.39, 0.29) is 10.7 Å². The molecule has 0 saturated heterocycles. The summed E-state index contributed by atoms with van der Waals surface area (Å²) >= 11 is 5.46. The smallest absolute Gasteiger partial charge is 0.282 e. The number of aromatic nitrogens is 3. The fourth-order valence-corrected chi connectivity index (χ4v) is 1.38.